The van der Waals surface area contributed by atoms with Gasteiger partial charge in [-0.15, -0.1) is 0 Å². The van der Waals surface area contributed by atoms with Crippen LogP contribution in [0, 0.1) is 0 Å². The minimum Gasteiger partial charge on any atom is -0.399 e. The molecule has 0 saturated carbocycles. The molecule has 20 heavy (non-hydrogen) atoms. The largest absolute Gasteiger partial charge is 0.399 e. The summed E-state index contributed by atoms with van der Waals surface area (Å²) in [4.78, 5) is 8.50. The first kappa shape index (κ1) is 12.7. The molecule has 0 saturated heterocycles. The summed E-state index contributed by atoms with van der Waals surface area (Å²) in [7, 11) is 0. The van der Waals surface area contributed by atoms with Crippen molar-refractivity contribution in [3.63, 3.8) is 0 Å². The number of nitrogen functional groups attached to an aromatic ring is 1. The summed E-state index contributed by atoms with van der Waals surface area (Å²) in [6.45, 7) is 0.650. The second-order valence-electron chi connectivity index (χ2n) is 4.48. The summed E-state index contributed by atoms with van der Waals surface area (Å²) in [5.41, 5.74) is 8.38. The van der Waals surface area contributed by atoms with E-state index in [9.17, 15) is 0 Å². The third-order valence-corrected chi connectivity index (χ3v) is 3.24. The Hall–Kier alpha value is -2.33. The van der Waals surface area contributed by atoms with Crippen LogP contribution >= 0.6 is 11.6 Å². The standard InChI is InChI=1S/C15H13ClN4/c16-11-3-1-2-10(6-11)8-18-15-13-5-4-12(17)7-14(13)19-9-20-15/h1-7,9H,8,17H2,(H,18,19,20). The Bertz CT molecular complexity index is 758. The summed E-state index contributed by atoms with van der Waals surface area (Å²) in [6, 6.07) is 13.3. The van der Waals surface area contributed by atoms with Gasteiger partial charge in [0.15, 0.2) is 0 Å². The Morgan fingerprint density at radius 1 is 1.10 bits per heavy atom. The topological polar surface area (TPSA) is 63.8 Å². The van der Waals surface area contributed by atoms with E-state index in [1.165, 1.54) is 6.33 Å². The quantitative estimate of drug-likeness (QED) is 0.723. The zero-order valence-corrected chi connectivity index (χ0v) is 11.4. The van der Waals surface area contributed by atoms with Crippen LogP contribution in [-0.4, -0.2) is 9.97 Å². The number of hydrogen-bond acceptors (Lipinski definition) is 4. The summed E-state index contributed by atoms with van der Waals surface area (Å²) < 4.78 is 0. The molecule has 0 aliphatic rings. The molecular weight excluding hydrogens is 272 g/mol. The molecular formula is C15H13ClN4. The Morgan fingerprint density at radius 3 is 2.85 bits per heavy atom. The fourth-order valence-corrected chi connectivity index (χ4v) is 2.26. The molecule has 1 aromatic heterocycles. The maximum Gasteiger partial charge on any atom is 0.137 e. The average Bonchev–Trinajstić information content (AvgIpc) is 2.44. The summed E-state index contributed by atoms with van der Waals surface area (Å²) >= 11 is 5.97. The molecule has 5 heteroatoms. The van der Waals surface area contributed by atoms with E-state index < -0.39 is 0 Å². The van der Waals surface area contributed by atoms with Gasteiger partial charge >= 0.3 is 0 Å². The van der Waals surface area contributed by atoms with E-state index in [1.807, 2.05) is 42.5 Å². The Morgan fingerprint density at radius 2 is 2.00 bits per heavy atom. The molecule has 0 aliphatic heterocycles. The fraction of sp³-hybridized carbons (Fsp3) is 0.0667. The lowest BCUT2D eigenvalue weighted by molar-refractivity contribution is 1.10. The zero-order chi connectivity index (χ0) is 13.9. The number of nitrogens with two attached hydrogens (primary N) is 1. The molecule has 100 valence electrons. The van der Waals surface area contributed by atoms with Crippen molar-refractivity contribution in [2.75, 3.05) is 11.1 Å². The third-order valence-electron chi connectivity index (χ3n) is 3.01. The molecule has 0 aliphatic carbocycles. The first-order valence-electron chi connectivity index (χ1n) is 6.21. The Labute approximate surface area is 121 Å². The smallest absolute Gasteiger partial charge is 0.137 e. The molecule has 0 unspecified atom stereocenters. The van der Waals surface area contributed by atoms with Gasteiger partial charge in [-0.1, -0.05) is 23.7 Å². The van der Waals surface area contributed by atoms with E-state index >= 15 is 0 Å². The average molecular weight is 285 g/mol. The SMILES string of the molecule is Nc1ccc2c(NCc3cccc(Cl)c3)ncnc2c1. The van der Waals surface area contributed by atoms with Crippen molar-refractivity contribution in [2.45, 2.75) is 6.54 Å². The highest BCUT2D eigenvalue weighted by atomic mass is 35.5. The van der Waals surface area contributed by atoms with Crippen LogP contribution in [0.25, 0.3) is 10.9 Å². The number of benzene rings is 2. The molecule has 1 heterocycles. The van der Waals surface area contributed by atoms with Crippen LogP contribution in [0.4, 0.5) is 11.5 Å². The number of rotatable bonds is 3. The third kappa shape index (κ3) is 2.65. The molecule has 0 atom stereocenters. The first-order chi connectivity index (χ1) is 9.72. The molecule has 0 spiro atoms. The molecule has 0 amide bonds. The molecule has 0 radical (unpaired) electrons. The lowest BCUT2D eigenvalue weighted by atomic mass is 10.2. The zero-order valence-electron chi connectivity index (χ0n) is 10.7. The fourth-order valence-electron chi connectivity index (χ4n) is 2.05. The number of aromatic nitrogens is 2. The van der Waals surface area contributed by atoms with Gasteiger partial charge in [-0.25, -0.2) is 9.97 Å². The number of halogens is 1. The maximum atomic E-state index is 5.97. The van der Waals surface area contributed by atoms with Crippen molar-refractivity contribution in [1.29, 1.82) is 0 Å². The van der Waals surface area contributed by atoms with Gasteiger partial charge in [0, 0.05) is 22.6 Å². The summed E-state index contributed by atoms with van der Waals surface area (Å²) in [5, 5.41) is 4.97. The van der Waals surface area contributed by atoms with Gasteiger partial charge in [0.05, 0.1) is 5.52 Å². The van der Waals surface area contributed by atoms with E-state index in [4.69, 9.17) is 17.3 Å². The number of anilines is 2. The van der Waals surface area contributed by atoms with Gasteiger partial charge in [0.2, 0.25) is 0 Å². The summed E-state index contributed by atoms with van der Waals surface area (Å²) in [5.74, 6) is 0.787. The molecule has 3 N–H and O–H groups in total. The summed E-state index contributed by atoms with van der Waals surface area (Å²) in [6.07, 6.45) is 1.53. The van der Waals surface area contributed by atoms with Gasteiger partial charge < -0.3 is 11.1 Å². The van der Waals surface area contributed by atoms with E-state index in [0.29, 0.717) is 12.2 Å². The lowest BCUT2D eigenvalue weighted by Gasteiger charge is -2.09. The normalized spacial score (nSPS) is 10.7. The highest BCUT2D eigenvalue weighted by Crippen LogP contribution is 2.22. The van der Waals surface area contributed by atoms with Gasteiger partial charge in [0.1, 0.15) is 12.1 Å². The van der Waals surface area contributed by atoms with Crippen molar-refractivity contribution >= 4 is 34.0 Å². The minimum absolute atomic E-state index is 0.650. The van der Waals surface area contributed by atoms with E-state index in [0.717, 1.165) is 27.3 Å². The first-order valence-corrected chi connectivity index (χ1v) is 6.59. The minimum atomic E-state index is 0.650. The van der Waals surface area contributed by atoms with E-state index in [2.05, 4.69) is 15.3 Å². The van der Waals surface area contributed by atoms with Crippen LogP contribution < -0.4 is 11.1 Å². The Kier molecular flexibility index (Phi) is 3.39. The maximum absolute atomic E-state index is 5.97. The lowest BCUT2D eigenvalue weighted by Crippen LogP contribution is -2.02. The number of fused-ring (bicyclic) bond motifs is 1. The van der Waals surface area contributed by atoms with Crippen molar-refractivity contribution < 1.29 is 0 Å². The molecule has 2 aromatic carbocycles. The van der Waals surface area contributed by atoms with Crippen LogP contribution in [0.1, 0.15) is 5.56 Å². The predicted octanol–water partition coefficient (Wildman–Crippen LogP) is 3.48. The van der Waals surface area contributed by atoms with E-state index in [-0.39, 0.29) is 0 Å². The van der Waals surface area contributed by atoms with Crippen LogP contribution in [0.15, 0.2) is 48.8 Å². The highest BCUT2D eigenvalue weighted by Gasteiger charge is 2.04. The van der Waals surface area contributed by atoms with Crippen LogP contribution in [-0.2, 0) is 6.54 Å². The van der Waals surface area contributed by atoms with Crippen LogP contribution in [0.2, 0.25) is 5.02 Å². The molecule has 4 nitrogen and oxygen atoms in total. The number of nitrogens with one attached hydrogen (secondary N) is 1. The van der Waals surface area contributed by atoms with Gasteiger partial charge in [-0.3, -0.25) is 0 Å². The Balaban J connectivity index is 1.87. The van der Waals surface area contributed by atoms with Crippen molar-refractivity contribution in [1.82, 2.24) is 9.97 Å². The number of nitrogens with zero attached hydrogens (tertiary/aromatic N) is 2. The van der Waals surface area contributed by atoms with Crippen molar-refractivity contribution in [3.05, 3.63) is 59.4 Å². The molecule has 0 fully saturated rings. The van der Waals surface area contributed by atoms with Gasteiger partial charge in [-0.2, -0.15) is 0 Å². The van der Waals surface area contributed by atoms with Crippen LogP contribution in [0.5, 0.6) is 0 Å². The van der Waals surface area contributed by atoms with Gasteiger partial charge in [0.25, 0.3) is 0 Å². The van der Waals surface area contributed by atoms with Crippen molar-refractivity contribution in [3.8, 4) is 0 Å². The molecule has 3 rings (SSSR count). The second kappa shape index (κ2) is 5.35. The van der Waals surface area contributed by atoms with E-state index in [1.54, 1.807) is 0 Å². The van der Waals surface area contributed by atoms with Crippen LogP contribution in [0.3, 0.4) is 0 Å². The molecule has 0 bridgehead atoms. The van der Waals surface area contributed by atoms with Gasteiger partial charge in [-0.05, 0) is 35.9 Å². The number of hydrogen-bond donors (Lipinski definition) is 2. The van der Waals surface area contributed by atoms with Crippen molar-refractivity contribution in [2.24, 2.45) is 0 Å². The second-order valence-corrected chi connectivity index (χ2v) is 4.92. The highest BCUT2D eigenvalue weighted by molar-refractivity contribution is 6.30. The monoisotopic (exact) mass is 284 g/mol. The molecule has 3 aromatic rings. The predicted molar refractivity (Wildman–Crippen MR) is 82.7 cm³/mol.